The third-order valence-corrected chi connectivity index (χ3v) is 3.77. The lowest BCUT2D eigenvalue weighted by Gasteiger charge is -2.02. The molecule has 0 saturated heterocycles. The Morgan fingerprint density at radius 2 is 1.91 bits per heavy atom. The molecule has 5 heteroatoms. The van der Waals surface area contributed by atoms with Crippen LogP contribution in [-0.4, -0.2) is 24.3 Å². The van der Waals surface area contributed by atoms with Crippen molar-refractivity contribution >= 4 is 34.8 Å². The van der Waals surface area contributed by atoms with E-state index in [-0.39, 0.29) is 0 Å². The van der Waals surface area contributed by atoms with Gasteiger partial charge in [0, 0.05) is 21.5 Å². The third-order valence-electron chi connectivity index (χ3n) is 3.52. The molecule has 0 bridgehead atoms. The summed E-state index contributed by atoms with van der Waals surface area (Å²) < 4.78 is 4.79. The molecule has 22 heavy (non-hydrogen) atoms. The average Bonchev–Trinajstić information content (AvgIpc) is 2.93. The number of aldehydes is 1. The van der Waals surface area contributed by atoms with Crippen molar-refractivity contribution in [3.8, 4) is 11.3 Å². The van der Waals surface area contributed by atoms with Crippen molar-refractivity contribution < 1.29 is 14.3 Å². The van der Waals surface area contributed by atoms with Gasteiger partial charge >= 0.3 is 5.97 Å². The van der Waals surface area contributed by atoms with E-state index >= 15 is 0 Å². The van der Waals surface area contributed by atoms with Gasteiger partial charge in [0.15, 0.2) is 6.29 Å². The molecular formula is C17H12ClNO3. The van der Waals surface area contributed by atoms with Gasteiger partial charge < -0.3 is 9.72 Å². The highest BCUT2D eigenvalue weighted by molar-refractivity contribution is 6.30. The normalized spacial score (nSPS) is 10.6. The number of carbonyl (C=O) groups is 2. The standard InChI is InChI=1S/C17H12ClNO3/c1-22-17(21)12-3-2-4-14-15(12)13(9-20)16(19-14)10-5-7-11(18)8-6-10/h2-9,19H,1H3. The van der Waals surface area contributed by atoms with Crippen molar-refractivity contribution in [2.75, 3.05) is 7.11 Å². The summed E-state index contributed by atoms with van der Waals surface area (Å²) in [5, 5.41) is 1.18. The summed E-state index contributed by atoms with van der Waals surface area (Å²) in [6.07, 6.45) is 0.745. The fourth-order valence-electron chi connectivity index (χ4n) is 2.52. The van der Waals surface area contributed by atoms with Crippen LogP contribution in [0.15, 0.2) is 42.5 Å². The Balaban J connectivity index is 2.31. The molecule has 2 aromatic carbocycles. The summed E-state index contributed by atoms with van der Waals surface area (Å²) in [6.45, 7) is 0. The van der Waals surface area contributed by atoms with Crippen molar-refractivity contribution in [3.63, 3.8) is 0 Å². The van der Waals surface area contributed by atoms with Crippen LogP contribution in [0, 0.1) is 0 Å². The minimum atomic E-state index is -0.477. The van der Waals surface area contributed by atoms with E-state index in [0.717, 1.165) is 11.8 Å². The number of rotatable bonds is 3. The lowest BCUT2D eigenvalue weighted by Crippen LogP contribution is -2.02. The minimum Gasteiger partial charge on any atom is -0.465 e. The van der Waals surface area contributed by atoms with Crippen LogP contribution in [0.5, 0.6) is 0 Å². The number of aromatic amines is 1. The summed E-state index contributed by atoms with van der Waals surface area (Å²) in [6, 6.07) is 12.3. The summed E-state index contributed by atoms with van der Waals surface area (Å²) in [7, 11) is 1.31. The number of ether oxygens (including phenoxy) is 1. The zero-order valence-electron chi connectivity index (χ0n) is 11.7. The van der Waals surface area contributed by atoms with Crippen LogP contribution in [-0.2, 0) is 4.74 Å². The van der Waals surface area contributed by atoms with Gasteiger partial charge in [-0.05, 0) is 29.8 Å². The minimum absolute atomic E-state index is 0.360. The van der Waals surface area contributed by atoms with Crippen molar-refractivity contribution in [2.24, 2.45) is 0 Å². The molecule has 1 aromatic heterocycles. The fraction of sp³-hybridized carbons (Fsp3) is 0.0588. The van der Waals surface area contributed by atoms with E-state index < -0.39 is 5.97 Å². The number of hydrogen-bond donors (Lipinski definition) is 1. The first-order valence-electron chi connectivity index (χ1n) is 6.60. The van der Waals surface area contributed by atoms with E-state index in [1.807, 2.05) is 18.2 Å². The molecule has 0 radical (unpaired) electrons. The Bertz CT molecular complexity index is 865. The molecule has 0 fully saturated rings. The molecule has 0 atom stereocenters. The molecule has 3 aromatic rings. The lowest BCUT2D eigenvalue weighted by molar-refractivity contribution is 0.0603. The summed E-state index contributed by atoms with van der Waals surface area (Å²) in [4.78, 5) is 26.7. The number of benzene rings is 2. The molecule has 0 saturated carbocycles. The predicted octanol–water partition coefficient (Wildman–Crippen LogP) is 4.09. The molecular weight excluding hydrogens is 302 g/mol. The molecule has 110 valence electrons. The number of fused-ring (bicyclic) bond motifs is 1. The number of methoxy groups -OCH3 is 1. The zero-order chi connectivity index (χ0) is 15.7. The zero-order valence-corrected chi connectivity index (χ0v) is 12.5. The Morgan fingerprint density at radius 3 is 2.55 bits per heavy atom. The predicted molar refractivity (Wildman–Crippen MR) is 85.5 cm³/mol. The van der Waals surface area contributed by atoms with E-state index in [1.165, 1.54) is 7.11 Å². The lowest BCUT2D eigenvalue weighted by atomic mass is 10.0. The number of carbonyl (C=O) groups excluding carboxylic acids is 2. The van der Waals surface area contributed by atoms with Crippen LogP contribution in [0.3, 0.4) is 0 Å². The summed E-state index contributed by atoms with van der Waals surface area (Å²) >= 11 is 5.90. The number of esters is 1. The van der Waals surface area contributed by atoms with Crippen molar-refractivity contribution in [3.05, 3.63) is 58.6 Å². The van der Waals surface area contributed by atoms with Crippen LogP contribution in [0.2, 0.25) is 5.02 Å². The van der Waals surface area contributed by atoms with Gasteiger partial charge in [0.05, 0.1) is 18.4 Å². The van der Waals surface area contributed by atoms with E-state index in [4.69, 9.17) is 16.3 Å². The van der Waals surface area contributed by atoms with Crippen LogP contribution >= 0.6 is 11.6 Å². The topological polar surface area (TPSA) is 59.2 Å². The van der Waals surface area contributed by atoms with Crippen molar-refractivity contribution in [1.29, 1.82) is 0 Å². The van der Waals surface area contributed by atoms with Gasteiger partial charge in [-0.25, -0.2) is 4.79 Å². The molecule has 0 aliphatic carbocycles. The quantitative estimate of drug-likeness (QED) is 0.585. The first-order valence-corrected chi connectivity index (χ1v) is 6.97. The van der Waals surface area contributed by atoms with Gasteiger partial charge in [-0.15, -0.1) is 0 Å². The molecule has 1 heterocycles. The largest absolute Gasteiger partial charge is 0.465 e. The highest BCUT2D eigenvalue weighted by Crippen LogP contribution is 2.32. The Labute approximate surface area is 131 Å². The Kier molecular flexibility index (Phi) is 3.69. The van der Waals surface area contributed by atoms with Crippen LogP contribution in [0.25, 0.3) is 22.2 Å². The van der Waals surface area contributed by atoms with Crippen LogP contribution in [0.4, 0.5) is 0 Å². The highest BCUT2D eigenvalue weighted by atomic mass is 35.5. The van der Waals surface area contributed by atoms with Gasteiger partial charge in [-0.2, -0.15) is 0 Å². The first-order chi connectivity index (χ1) is 10.7. The molecule has 0 amide bonds. The molecule has 4 nitrogen and oxygen atoms in total. The van der Waals surface area contributed by atoms with Gasteiger partial charge in [-0.1, -0.05) is 29.8 Å². The maximum atomic E-state index is 11.9. The fourth-order valence-corrected chi connectivity index (χ4v) is 2.64. The van der Waals surface area contributed by atoms with Crippen LogP contribution < -0.4 is 0 Å². The Hall–Kier alpha value is -2.59. The number of halogens is 1. The second-order valence-corrected chi connectivity index (χ2v) is 5.19. The number of H-pyrrole nitrogens is 1. The van der Waals surface area contributed by atoms with Crippen molar-refractivity contribution in [2.45, 2.75) is 0 Å². The smallest absolute Gasteiger partial charge is 0.338 e. The van der Waals surface area contributed by atoms with Gasteiger partial charge in [0.25, 0.3) is 0 Å². The number of hydrogen-bond acceptors (Lipinski definition) is 3. The van der Waals surface area contributed by atoms with E-state index in [2.05, 4.69) is 4.98 Å². The maximum absolute atomic E-state index is 11.9. The molecule has 0 aliphatic rings. The van der Waals surface area contributed by atoms with Gasteiger partial charge in [0.1, 0.15) is 0 Å². The second-order valence-electron chi connectivity index (χ2n) is 4.76. The summed E-state index contributed by atoms with van der Waals surface area (Å²) in [5.74, 6) is -0.477. The highest BCUT2D eigenvalue weighted by Gasteiger charge is 2.19. The van der Waals surface area contributed by atoms with E-state index in [0.29, 0.717) is 32.7 Å². The van der Waals surface area contributed by atoms with E-state index in [9.17, 15) is 9.59 Å². The average molecular weight is 314 g/mol. The Morgan fingerprint density at radius 1 is 1.18 bits per heavy atom. The molecule has 3 rings (SSSR count). The number of nitrogens with one attached hydrogen (secondary N) is 1. The molecule has 1 N–H and O–H groups in total. The van der Waals surface area contributed by atoms with Crippen molar-refractivity contribution in [1.82, 2.24) is 4.98 Å². The third kappa shape index (κ3) is 2.27. The second kappa shape index (κ2) is 5.66. The van der Waals surface area contributed by atoms with Gasteiger partial charge in [0.2, 0.25) is 0 Å². The summed E-state index contributed by atoms with van der Waals surface area (Å²) in [5.41, 5.74) is 2.96. The molecule has 0 aliphatic heterocycles. The number of aromatic nitrogens is 1. The monoisotopic (exact) mass is 313 g/mol. The molecule has 0 spiro atoms. The van der Waals surface area contributed by atoms with Gasteiger partial charge in [-0.3, -0.25) is 4.79 Å². The maximum Gasteiger partial charge on any atom is 0.338 e. The van der Waals surface area contributed by atoms with Crippen LogP contribution in [0.1, 0.15) is 20.7 Å². The SMILES string of the molecule is COC(=O)c1cccc2[nH]c(-c3ccc(Cl)cc3)c(C=O)c12. The first kappa shape index (κ1) is 14.4. The van der Waals surface area contributed by atoms with E-state index in [1.54, 1.807) is 24.3 Å². The molecule has 0 unspecified atom stereocenters.